The van der Waals surface area contributed by atoms with E-state index in [4.69, 9.17) is 0 Å². The van der Waals surface area contributed by atoms with Crippen LogP contribution in [-0.2, 0) is 22.3 Å². The summed E-state index contributed by atoms with van der Waals surface area (Å²) in [5, 5.41) is 0. The molecule has 0 atom stereocenters. The van der Waals surface area contributed by atoms with Gasteiger partial charge in [-0.2, -0.15) is 13.2 Å². The minimum absolute atomic E-state index is 0.258. The van der Waals surface area contributed by atoms with Gasteiger partial charge in [0.05, 0.1) is 19.2 Å². The van der Waals surface area contributed by atoms with Crippen molar-refractivity contribution >= 4 is 5.97 Å². The predicted octanol–water partition coefficient (Wildman–Crippen LogP) is 2.00. The molecule has 4 nitrogen and oxygen atoms in total. The smallest absolute Gasteiger partial charge is 0.416 e. The molecule has 1 fully saturated rings. The summed E-state index contributed by atoms with van der Waals surface area (Å²) in [6.45, 7) is 3.58. The van der Waals surface area contributed by atoms with Crippen LogP contribution in [0.4, 0.5) is 13.2 Å². The normalized spacial score (nSPS) is 17.5. The third-order valence-corrected chi connectivity index (χ3v) is 3.71. The van der Waals surface area contributed by atoms with Gasteiger partial charge >= 0.3 is 12.1 Å². The Bertz CT molecular complexity index is 512. The maximum atomic E-state index is 12.7. The largest absolute Gasteiger partial charge is 0.468 e. The average Bonchev–Trinajstić information content (AvgIpc) is 2.48. The third kappa shape index (κ3) is 4.71. The Labute approximate surface area is 127 Å². The van der Waals surface area contributed by atoms with Crippen LogP contribution < -0.4 is 0 Å². The first-order chi connectivity index (χ1) is 10.4. The number of alkyl halides is 3. The fraction of sp³-hybridized carbons (Fsp3) is 0.533. The highest BCUT2D eigenvalue weighted by Crippen LogP contribution is 2.29. The molecule has 0 aromatic heterocycles. The topological polar surface area (TPSA) is 32.8 Å². The molecule has 1 heterocycles. The molecule has 1 aliphatic heterocycles. The highest BCUT2D eigenvalue weighted by atomic mass is 19.4. The number of esters is 1. The van der Waals surface area contributed by atoms with Crippen molar-refractivity contribution in [3.63, 3.8) is 0 Å². The van der Waals surface area contributed by atoms with Gasteiger partial charge in [-0.15, -0.1) is 0 Å². The summed E-state index contributed by atoms with van der Waals surface area (Å²) < 4.78 is 42.7. The van der Waals surface area contributed by atoms with E-state index in [9.17, 15) is 18.0 Å². The van der Waals surface area contributed by atoms with Gasteiger partial charge in [-0.3, -0.25) is 14.6 Å². The monoisotopic (exact) mass is 316 g/mol. The first-order valence-electron chi connectivity index (χ1n) is 7.06. The molecular weight excluding hydrogens is 297 g/mol. The van der Waals surface area contributed by atoms with Crippen molar-refractivity contribution in [2.24, 2.45) is 0 Å². The van der Waals surface area contributed by atoms with Crippen LogP contribution in [0.2, 0.25) is 0 Å². The quantitative estimate of drug-likeness (QED) is 0.796. The fourth-order valence-corrected chi connectivity index (χ4v) is 2.46. The van der Waals surface area contributed by atoms with E-state index in [1.54, 1.807) is 6.07 Å². The van der Waals surface area contributed by atoms with Gasteiger partial charge in [0.15, 0.2) is 0 Å². The van der Waals surface area contributed by atoms with E-state index < -0.39 is 11.7 Å². The molecule has 1 aromatic rings. The van der Waals surface area contributed by atoms with Crippen molar-refractivity contribution in [1.82, 2.24) is 9.80 Å². The van der Waals surface area contributed by atoms with Crippen molar-refractivity contribution in [3.05, 3.63) is 35.4 Å². The predicted molar refractivity (Wildman–Crippen MR) is 75.2 cm³/mol. The lowest BCUT2D eigenvalue weighted by atomic mass is 10.1. The Balaban J connectivity index is 1.87. The molecule has 7 heteroatoms. The highest BCUT2D eigenvalue weighted by molar-refractivity contribution is 5.71. The fourth-order valence-electron chi connectivity index (χ4n) is 2.46. The van der Waals surface area contributed by atoms with E-state index in [-0.39, 0.29) is 12.5 Å². The summed E-state index contributed by atoms with van der Waals surface area (Å²) in [6.07, 6.45) is -4.31. The summed E-state index contributed by atoms with van der Waals surface area (Å²) in [5.74, 6) is -0.272. The average molecular weight is 316 g/mol. The van der Waals surface area contributed by atoms with Gasteiger partial charge in [-0.05, 0) is 11.6 Å². The molecule has 0 radical (unpaired) electrons. The first kappa shape index (κ1) is 16.8. The Kier molecular flexibility index (Phi) is 5.42. The molecular formula is C15H19F3N2O2. The summed E-state index contributed by atoms with van der Waals surface area (Å²) in [6, 6.07) is 5.42. The van der Waals surface area contributed by atoms with Gasteiger partial charge in [0, 0.05) is 32.7 Å². The van der Waals surface area contributed by atoms with Gasteiger partial charge in [-0.1, -0.05) is 18.2 Å². The number of piperazine rings is 1. The number of carbonyl (C=O) groups excluding carboxylic acids is 1. The molecule has 2 rings (SSSR count). The minimum Gasteiger partial charge on any atom is -0.468 e. The zero-order valence-electron chi connectivity index (χ0n) is 12.4. The Morgan fingerprint density at radius 2 is 1.82 bits per heavy atom. The lowest BCUT2D eigenvalue weighted by Gasteiger charge is -2.34. The lowest BCUT2D eigenvalue weighted by Crippen LogP contribution is -2.47. The maximum Gasteiger partial charge on any atom is 0.416 e. The van der Waals surface area contributed by atoms with Crippen molar-refractivity contribution in [2.75, 3.05) is 39.8 Å². The number of halogens is 3. The van der Waals surface area contributed by atoms with Gasteiger partial charge < -0.3 is 4.74 Å². The second kappa shape index (κ2) is 7.11. The standard InChI is InChI=1S/C15H19F3N2O2/c1-22-14(21)11-20-7-5-19(6-8-20)10-12-3-2-4-13(9-12)15(16,17)18/h2-4,9H,5-8,10-11H2,1H3. The van der Waals surface area contributed by atoms with E-state index in [1.165, 1.54) is 19.2 Å². The molecule has 0 amide bonds. The molecule has 0 N–H and O–H groups in total. The second-order valence-corrected chi connectivity index (χ2v) is 5.33. The van der Waals surface area contributed by atoms with Crippen LogP contribution >= 0.6 is 0 Å². The van der Waals surface area contributed by atoms with E-state index >= 15 is 0 Å². The number of nitrogens with zero attached hydrogens (tertiary/aromatic N) is 2. The van der Waals surface area contributed by atoms with Crippen molar-refractivity contribution in [1.29, 1.82) is 0 Å². The van der Waals surface area contributed by atoms with Crippen LogP contribution in [0.25, 0.3) is 0 Å². The van der Waals surface area contributed by atoms with E-state index in [2.05, 4.69) is 9.64 Å². The molecule has 22 heavy (non-hydrogen) atoms. The molecule has 0 bridgehead atoms. The van der Waals surface area contributed by atoms with Crippen LogP contribution in [-0.4, -0.2) is 55.6 Å². The Morgan fingerprint density at radius 1 is 1.18 bits per heavy atom. The van der Waals surface area contributed by atoms with Crippen LogP contribution in [0, 0.1) is 0 Å². The van der Waals surface area contributed by atoms with Gasteiger partial charge in [0.2, 0.25) is 0 Å². The van der Waals surface area contributed by atoms with Crippen molar-refractivity contribution < 1.29 is 22.7 Å². The van der Waals surface area contributed by atoms with Gasteiger partial charge in [0.25, 0.3) is 0 Å². The number of carbonyl (C=O) groups is 1. The molecule has 1 saturated heterocycles. The van der Waals surface area contributed by atoms with Crippen molar-refractivity contribution in [2.45, 2.75) is 12.7 Å². The van der Waals surface area contributed by atoms with Crippen LogP contribution in [0.3, 0.4) is 0 Å². The molecule has 1 aromatic carbocycles. The summed E-state index contributed by atoms with van der Waals surface area (Å²) in [7, 11) is 1.35. The van der Waals surface area contributed by atoms with Crippen molar-refractivity contribution in [3.8, 4) is 0 Å². The van der Waals surface area contributed by atoms with Crippen LogP contribution in [0.5, 0.6) is 0 Å². The number of methoxy groups -OCH3 is 1. The highest BCUT2D eigenvalue weighted by Gasteiger charge is 2.30. The summed E-state index contributed by atoms with van der Waals surface area (Å²) >= 11 is 0. The first-order valence-corrected chi connectivity index (χ1v) is 7.06. The maximum absolute atomic E-state index is 12.7. The zero-order chi connectivity index (χ0) is 16.2. The SMILES string of the molecule is COC(=O)CN1CCN(Cc2cccc(C(F)(F)F)c2)CC1. The summed E-state index contributed by atoms with van der Waals surface area (Å²) in [4.78, 5) is 15.3. The number of benzene rings is 1. The van der Waals surface area contributed by atoms with Crippen LogP contribution in [0.1, 0.15) is 11.1 Å². The zero-order valence-corrected chi connectivity index (χ0v) is 12.4. The number of hydrogen-bond acceptors (Lipinski definition) is 4. The Morgan fingerprint density at radius 3 is 2.41 bits per heavy atom. The van der Waals surface area contributed by atoms with E-state index in [1.807, 2.05) is 4.90 Å². The molecule has 0 unspecified atom stereocenters. The lowest BCUT2D eigenvalue weighted by molar-refractivity contribution is -0.142. The van der Waals surface area contributed by atoms with E-state index in [0.29, 0.717) is 38.3 Å². The van der Waals surface area contributed by atoms with Crippen LogP contribution in [0.15, 0.2) is 24.3 Å². The third-order valence-electron chi connectivity index (χ3n) is 3.71. The number of ether oxygens (including phenoxy) is 1. The molecule has 0 aliphatic carbocycles. The minimum atomic E-state index is -4.31. The molecule has 0 spiro atoms. The number of hydrogen-bond donors (Lipinski definition) is 0. The van der Waals surface area contributed by atoms with Gasteiger partial charge in [0.1, 0.15) is 0 Å². The second-order valence-electron chi connectivity index (χ2n) is 5.33. The molecule has 122 valence electrons. The van der Waals surface area contributed by atoms with Gasteiger partial charge in [-0.25, -0.2) is 0 Å². The molecule has 0 saturated carbocycles. The van der Waals surface area contributed by atoms with E-state index in [0.717, 1.165) is 6.07 Å². The summed E-state index contributed by atoms with van der Waals surface area (Å²) in [5.41, 5.74) is 0.0329. The Hall–Kier alpha value is -1.60. The molecule has 1 aliphatic rings. The number of rotatable bonds is 4.